The predicted octanol–water partition coefficient (Wildman–Crippen LogP) is 3.47. The molecule has 1 N–H and O–H groups in total. The van der Waals surface area contributed by atoms with E-state index in [4.69, 9.17) is 9.15 Å². The molecule has 0 radical (unpaired) electrons. The first kappa shape index (κ1) is 13.1. The fourth-order valence-corrected chi connectivity index (χ4v) is 2.48. The molecule has 0 aliphatic heterocycles. The Morgan fingerprint density at radius 1 is 1.56 bits per heavy atom. The lowest BCUT2D eigenvalue weighted by molar-refractivity contribution is 0.409. The Labute approximate surface area is 111 Å². The van der Waals surface area contributed by atoms with Crippen molar-refractivity contribution in [2.75, 3.05) is 13.7 Å². The molecule has 0 spiro atoms. The largest absolute Gasteiger partial charge is 0.495 e. The topological polar surface area (TPSA) is 47.3 Å². The SMILES string of the molecule is CCCNC(C)c1ncc(-c2sccc2OC)o1. The van der Waals surface area contributed by atoms with E-state index in [0.29, 0.717) is 5.89 Å². The van der Waals surface area contributed by atoms with Crippen LogP contribution in [0.1, 0.15) is 32.2 Å². The van der Waals surface area contributed by atoms with Crippen molar-refractivity contribution in [2.24, 2.45) is 0 Å². The van der Waals surface area contributed by atoms with E-state index >= 15 is 0 Å². The van der Waals surface area contributed by atoms with Gasteiger partial charge in [-0.1, -0.05) is 6.92 Å². The molecule has 0 amide bonds. The molecule has 0 aromatic carbocycles. The second-order valence-electron chi connectivity index (χ2n) is 4.06. The Morgan fingerprint density at radius 2 is 2.39 bits per heavy atom. The van der Waals surface area contributed by atoms with Crippen LogP contribution in [0.2, 0.25) is 0 Å². The molecular formula is C13H18N2O2S. The molecule has 2 aromatic heterocycles. The molecule has 0 fully saturated rings. The van der Waals surface area contributed by atoms with Crippen LogP contribution in [0.25, 0.3) is 10.6 Å². The second kappa shape index (κ2) is 6.02. The summed E-state index contributed by atoms with van der Waals surface area (Å²) in [6.45, 7) is 5.15. The highest BCUT2D eigenvalue weighted by Crippen LogP contribution is 2.36. The summed E-state index contributed by atoms with van der Waals surface area (Å²) in [5, 5.41) is 5.33. The summed E-state index contributed by atoms with van der Waals surface area (Å²) >= 11 is 1.59. The van der Waals surface area contributed by atoms with Gasteiger partial charge in [-0.3, -0.25) is 0 Å². The number of aromatic nitrogens is 1. The standard InChI is InChI=1S/C13H18N2O2S/c1-4-6-14-9(2)13-15-8-11(17-13)12-10(16-3)5-7-18-12/h5,7-9,14H,4,6H2,1-3H3. The zero-order valence-electron chi connectivity index (χ0n) is 10.9. The molecule has 2 rings (SSSR count). The minimum Gasteiger partial charge on any atom is -0.495 e. The Kier molecular flexibility index (Phi) is 4.38. The fraction of sp³-hybridized carbons (Fsp3) is 0.462. The normalized spacial score (nSPS) is 12.6. The van der Waals surface area contributed by atoms with Gasteiger partial charge in [0.2, 0.25) is 5.89 Å². The van der Waals surface area contributed by atoms with Crippen molar-refractivity contribution in [3.05, 3.63) is 23.5 Å². The van der Waals surface area contributed by atoms with Gasteiger partial charge in [-0.05, 0) is 31.3 Å². The molecule has 98 valence electrons. The third-order valence-corrected chi connectivity index (χ3v) is 3.58. The molecule has 5 heteroatoms. The van der Waals surface area contributed by atoms with E-state index < -0.39 is 0 Å². The molecule has 1 unspecified atom stereocenters. The van der Waals surface area contributed by atoms with Crippen LogP contribution in [0.15, 0.2) is 22.1 Å². The zero-order valence-corrected chi connectivity index (χ0v) is 11.7. The van der Waals surface area contributed by atoms with Crippen molar-refractivity contribution in [2.45, 2.75) is 26.3 Å². The van der Waals surface area contributed by atoms with Crippen molar-refractivity contribution in [3.8, 4) is 16.4 Å². The molecule has 0 saturated carbocycles. The van der Waals surface area contributed by atoms with Crippen LogP contribution in [0.3, 0.4) is 0 Å². The molecule has 4 nitrogen and oxygen atoms in total. The van der Waals surface area contributed by atoms with Crippen molar-refractivity contribution in [1.82, 2.24) is 10.3 Å². The Morgan fingerprint density at radius 3 is 3.11 bits per heavy atom. The third kappa shape index (κ3) is 2.73. The van der Waals surface area contributed by atoms with Crippen LogP contribution in [0.5, 0.6) is 5.75 Å². The van der Waals surface area contributed by atoms with Crippen LogP contribution in [0.4, 0.5) is 0 Å². The lowest BCUT2D eigenvalue weighted by atomic mass is 10.3. The smallest absolute Gasteiger partial charge is 0.211 e. The van der Waals surface area contributed by atoms with Gasteiger partial charge in [-0.2, -0.15) is 0 Å². The van der Waals surface area contributed by atoms with Crippen molar-refractivity contribution in [1.29, 1.82) is 0 Å². The number of hydrogen-bond acceptors (Lipinski definition) is 5. The van der Waals surface area contributed by atoms with Crippen LogP contribution in [-0.2, 0) is 0 Å². The zero-order chi connectivity index (χ0) is 13.0. The summed E-state index contributed by atoms with van der Waals surface area (Å²) in [7, 11) is 1.66. The van der Waals surface area contributed by atoms with Crippen LogP contribution in [-0.4, -0.2) is 18.6 Å². The molecule has 2 heterocycles. The lowest BCUT2D eigenvalue weighted by Crippen LogP contribution is -2.19. The van der Waals surface area contributed by atoms with E-state index in [1.54, 1.807) is 24.6 Å². The van der Waals surface area contributed by atoms with Crippen LogP contribution < -0.4 is 10.1 Å². The van der Waals surface area contributed by atoms with Crippen LogP contribution in [0, 0.1) is 0 Å². The maximum absolute atomic E-state index is 5.79. The van der Waals surface area contributed by atoms with Gasteiger partial charge in [0.15, 0.2) is 5.76 Å². The number of methoxy groups -OCH3 is 1. The highest BCUT2D eigenvalue weighted by atomic mass is 32.1. The molecule has 1 atom stereocenters. The fourth-order valence-electron chi connectivity index (χ4n) is 1.68. The van der Waals surface area contributed by atoms with E-state index in [1.165, 1.54) is 0 Å². The molecule has 0 bridgehead atoms. The minimum absolute atomic E-state index is 0.129. The summed E-state index contributed by atoms with van der Waals surface area (Å²) in [6.07, 6.45) is 2.85. The monoisotopic (exact) mass is 266 g/mol. The molecule has 0 aliphatic rings. The van der Waals surface area contributed by atoms with Crippen molar-refractivity contribution < 1.29 is 9.15 Å². The number of thiophene rings is 1. The van der Waals surface area contributed by atoms with Gasteiger partial charge in [0.1, 0.15) is 10.6 Å². The predicted molar refractivity (Wildman–Crippen MR) is 73.1 cm³/mol. The summed E-state index contributed by atoms with van der Waals surface area (Å²) in [5.74, 6) is 2.31. The average Bonchev–Trinajstić information content (AvgIpc) is 3.02. The van der Waals surface area contributed by atoms with Gasteiger partial charge in [0, 0.05) is 0 Å². The van der Waals surface area contributed by atoms with E-state index in [0.717, 1.165) is 29.4 Å². The van der Waals surface area contributed by atoms with Gasteiger partial charge in [-0.25, -0.2) is 4.98 Å². The quantitative estimate of drug-likeness (QED) is 0.869. The Hall–Kier alpha value is -1.33. The van der Waals surface area contributed by atoms with Gasteiger partial charge in [-0.15, -0.1) is 11.3 Å². The summed E-state index contributed by atoms with van der Waals surface area (Å²) in [4.78, 5) is 5.31. The molecular weight excluding hydrogens is 248 g/mol. The summed E-state index contributed by atoms with van der Waals surface area (Å²) in [5.41, 5.74) is 0. The van der Waals surface area contributed by atoms with Gasteiger partial charge in [0.05, 0.1) is 19.3 Å². The number of nitrogens with zero attached hydrogens (tertiary/aromatic N) is 1. The number of hydrogen-bond donors (Lipinski definition) is 1. The second-order valence-corrected chi connectivity index (χ2v) is 4.97. The lowest BCUT2D eigenvalue weighted by Gasteiger charge is -2.08. The Balaban J connectivity index is 2.15. The first-order chi connectivity index (χ1) is 8.76. The van der Waals surface area contributed by atoms with Gasteiger partial charge < -0.3 is 14.5 Å². The van der Waals surface area contributed by atoms with E-state index in [9.17, 15) is 0 Å². The molecule has 0 aliphatic carbocycles. The van der Waals surface area contributed by atoms with Gasteiger partial charge in [0.25, 0.3) is 0 Å². The highest BCUT2D eigenvalue weighted by Gasteiger charge is 2.16. The molecule has 0 saturated heterocycles. The maximum Gasteiger partial charge on any atom is 0.211 e. The summed E-state index contributed by atoms with van der Waals surface area (Å²) in [6, 6.07) is 2.06. The highest BCUT2D eigenvalue weighted by molar-refractivity contribution is 7.13. The van der Waals surface area contributed by atoms with E-state index in [-0.39, 0.29) is 6.04 Å². The maximum atomic E-state index is 5.79. The third-order valence-electron chi connectivity index (χ3n) is 2.67. The number of nitrogens with one attached hydrogen (secondary N) is 1. The first-order valence-corrected chi connectivity index (χ1v) is 6.95. The van der Waals surface area contributed by atoms with Gasteiger partial charge >= 0.3 is 0 Å². The number of rotatable bonds is 6. The van der Waals surface area contributed by atoms with E-state index in [2.05, 4.69) is 24.1 Å². The van der Waals surface area contributed by atoms with E-state index in [1.807, 2.05) is 11.4 Å². The average molecular weight is 266 g/mol. The van der Waals surface area contributed by atoms with Crippen LogP contribution >= 0.6 is 11.3 Å². The number of oxazole rings is 1. The van der Waals surface area contributed by atoms with Crippen molar-refractivity contribution in [3.63, 3.8) is 0 Å². The molecule has 2 aromatic rings. The first-order valence-electron chi connectivity index (χ1n) is 6.07. The Bertz CT molecular complexity index is 493. The summed E-state index contributed by atoms with van der Waals surface area (Å²) < 4.78 is 11.1. The minimum atomic E-state index is 0.129. The molecule has 18 heavy (non-hydrogen) atoms. The van der Waals surface area contributed by atoms with Crippen molar-refractivity contribution >= 4 is 11.3 Å². The number of ether oxygens (including phenoxy) is 1.